The zero-order valence-corrected chi connectivity index (χ0v) is 12.2. The average Bonchev–Trinajstić information content (AvgIpc) is 2.27. The second-order valence-corrected chi connectivity index (χ2v) is 5.07. The molecule has 0 amide bonds. The summed E-state index contributed by atoms with van der Waals surface area (Å²) in [5.74, 6) is 1.46. The van der Waals surface area contributed by atoms with Gasteiger partial charge in [0.05, 0.1) is 0 Å². The normalized spacial score (nSPS) is 11.2. The molecule has 0 aromatic carbocycles. The molecule has 0 aliphatic carbocycles. The molecule has 1 aromatic heterocycles. The molecule has 1 N–H and O–H groups in total. The third-order valence-electron chi connectivity index (χ3n) is 2.84. The summed E-state index contributed by atoms with van der Waals surface area (Å²) in [6.45, 7) is 11.0. The Morgan fingerprint density at radius 3 is 2.28 bits per heavy atom. The van der Waals surface area contributed by atoms with Gasteiger partial charge in [-0.05, 0) is 44.8 Å². The molecule has 0 bridgehead atoms. The molecule has 18 heavy (non-hydrogen) atoms. The van der Waals surface area contributed by atoms with Gasteiger partial charge in [0, 0.05) is 18.5 Å². The number of hydrogen-bond donors (Lipinski definition) is 1. The van der Waals surface area contributed by atoms with E-state index in [1.165, 1.54) is 5.56 Å². The van der Waals surface area contributed by atoms with E-state index in [0.29, 0.717) is 12.5 Å². The van der Waals surface area contributed by atoms with Crippen molar-refractivity contribution < 1.29 is 4.74 Å². The second-order valence-electron chi connectivity index (χ2n) is 5.07. The van der Waals surface area contributed by atoms with Crippen molar-refractivity contribution >= 4 is 0 Å². The van der Waals surface area contributed by atoms with E-state index in [2.05, 4.69) is 29.1 Å². The van der Waals surface area contributed by atoms with Crippen molar-refractivity contribution in [2.45, 2.75) is 40.7 Å². The summed E-state index contributed by atoms with van der Waals surface area (Å²) in [4.78, 5) is 8.95. The first-order valence-electron chi connectivity index (χ1n) is 6.57. The van der Waals surface area contributed by atoms with E-state index in [1.807, 2.05) is 13.8 Å². The summed E-state index contributed by atoms with van der Waals surface area (Å²) in [6.07, 6.45) is 0.984. The molecular formula is C14H25N3O. The van der Waals surface area contributed by atoms with Crippen LogP contribution < -0.4 is 5.32 Å². The molecule has 4 nitrogen and oxygen atoms in total. The highest BCUT2D eigenvalue weighted by molar-refractivity contribution is 5.24. The number of aromatic nitrogens is 2. The molecule has 1 aromatic rings. The van der Waals surface area contributed by atoms with E-state index >= 15 is 0 Å². The maximum Gasteiger partial charge on any atom is 0.154 e. The Balaban J connectivity index is 2.60. The highest BCUT2D eigenvalue weighted by Crippen LogP contribution is 2.11. The molecule has 4 heteroatoms. The van der Waals surface area contributed by atoms with Crippen molar-refractivity contribution in [3.8, 4) is 0 Å². The van der Waals surface area contributed by atoms with Crippen LogP contribution in [0.4, 0.5) is 0 Å². The quantitative estimate of drug-likeness (QED) is 0.753. The van der Waals surface area contributed by atoms with Gasteiger partial charge in [-0.1, -0.05) is 13.8 Å². The van der Waals surface area contributed by atoms with Gasteiger partial charge in [0.25, 0.3) is 0 Å². The molecular weight excluding hydrogens is 226 g/mol. The summed E-state index contributed by atoms with van der Waals surface area (Å²) in [7, 11) is 1.66. The lowest BCUT2D eigenvalue weighted by atomic mass is 10.1. The predicted molar refractivity (Wildman–Crippen MR) is 73.6 cm³/mol. The van der Waals surface area contributed by atoms with Crippen molar-refractivity contribution in [2.75, 3.05) is 20.2 Å². The highest BCUT2D eigenvalue weighted by Gasteiger charge is 2.08. The van der Waals surface area contributed by atoms with Gasteiger partial charge < -0.3 is 10.1 Å². The van der Waals surface area contributed by atoms with Crippen LogP contribution in [0.1, 0.15) is 36.6 Å². The van der Waals surface area contributed by atoms with Crippen molar-refractivity contribution in [1.82, 2.24) is 15.3 Å². The van der Waals surface area contributed by atoms with Gasteiger partial charge in [-0.15, -0.1) is 0 Å². The fourth-order valence-corrected chi connectivity index (χ4v) is 1.97. The van der Waals surface area contributed by atoms with Crippen LogP contribution in [0, 0.1) is 19.8 Å². The lowest BCUT2D eigenvalue weighted by molar-refractivity contribution is 0.177. The maximum atomic E-state index is 5.07. The maximum absolute atomic E-state index is 5.07. The third kappa shape index (κ3) is 4.70. The van der Waals surface area contributed by atoms with Crippen molar-refractivity contribution in [3.63, 3.8) is 0 Å². The largest absolute Gasteiger partial charge is 0.377 e. The van der Waals surface area contributed by atoms with Crippen LogP contribution in [-0.4, -0.2) is 30.2 Å². The number of hydrogen-bond acceptors (Lipinski definition) is 4. The Hall–Kier alpha value is -1.00. The Kier molecular flexibility index (Phi) is 6.22. The van der Waals surface area contributed by atoms with Crippen LogP contribution in [0.5, 0.6) is 0 Å². The SMILES string of the molecule is COCc1nc(C)c(CCNCC(C)C)c(C)n1. The Labute approximate surface area is 110 Å². The number of methoxy groups -OCH3 is 1. The van der Waals surface area contributed by atoms with Crippen LogP contribution in [0.15, 0.2) is 0 Å². The first-order chi connectivity index (χ1) is 8.54. The minimum absolute atomic E-state index is 0.480. The van der Waals surface area contributed by atoms with Gasteiger partial charge in [0.15, 0.2) is 5.82 Å². The summed E-state index contributed by atoms with van der Waals surface area (Å²) in [6, 6.07) is 0. The van der Waals surface area contributed by atoms with Crippen LogP contribution in [0.2, 0.25) is 0 Å². The summed E-state index contributed by atoms with van der Waals surface area (Å²) < 4.78 is 5.07. The molecule has 102 valence electrons. The van der Waals surface area contributed by atoms with E-state index in [-0.39, 0.29) is 0 Å². The van der Waals surface area contributed by atoms with Crippen molar-refractivity contribution in [3.05, 3.63) is 22.8 Å². The summed E-state index contributed by atoms with van der Waals surface area (Å²) in [5.41, 5.74) is 3.40. The molecule has 1 heterocycles. The number of nitrogens with zero attached hydrogens (tertiary/aromatic N) is 2. The molecule has 1 rings (SSSR count). The van der Waals surface area contributed by atoms with E-state index in [9.17, 15) is 0 Å². The number of nitrogens with one attached hydrogen (secondary N) is 1. The third-order valence-corrected chi connectivity index (χ3v) is 2.84. The molecule has 0 radical (unpaired) electrons. The fraction of sp³-hybridized carbons (Fsp3) is 0.714. The predicted octanol–water partition coefficient (Wildman–Crippen LogP) is 2.03. The number of aryl methyl sites for hydroxylation is 2. The molecule has 0 atom stereocenters. The first kappa shape index (κ1) is 15.1. The minimum Gasteiger partial charge on any atom is -0.377 e. The Bertz CT molecular complexity index is 354. The van der Waals surface area contributed by atoms with Crippen LogP contribution >= 0.6 is 0 Å². The van der Waals surface area contributed by atoms with Gasteiger partial charge in [-0.3, -0.25) is 0 Å². The highest BCUT2D eigenvalue weighted by atomic mass is 16.5. The lowest BCUT2D eigenvalue weighted by Gasteiger charge is -2.12. The summed E-state index contributed by atoms with van der Waals surface area (Å²) in [5, 5.41) is 3.45. The van der Waals surface area contributed by atoms with Gasteiger partial charge in [-0.25, -0.2) is 9.97 Å². The molecule has 0 saturated carbocycles. The Morgan fingerprint density at radius 1 is 1.17 bits per heavy atom. The Morgan fingerprint density at radius 2 is 1.78 bits per heavy atom. The number of rotatable bonds is 7. The first-order valence-corrected chi connectivity index (χ1v) is 6.57. The number of ether oxygens (including phenoxy) is 1. The van der Waals surface area contributed by atoms with Crippen molar-refractivity contribution in [2.24, 2.45) is 5.92 Å². The zero-order chi connectivity index (χ0) is 13.5. The van der Waals surface area contributed by atoms with Crippen LogP contribution in [0.3, 0.4) is 0 Å². The summed E-state index contributed by atoms with van der Waals surface area (Å²) >= 11 is 0. The van der Waals surface area contributed by atoms with Crippen LogP contribution in [0.25, 0.3) is 0 Å². The average molecular weight is 251 g/mol. The fourth-order valence-electron chi connectivity index (χ4n) is 1.97. The van der Waals surface area contributed by atoms with Crippen LogP contribution in [-0.2, 0) is 17.8 Å². The molecule has 0 aliphatic rings. The van der Waals surface area contributed by atoms with Gasteiger partial charge in [-0.2, -0.15) is 0 Å². The molecule has 0 aliphatic heterocycles. The van der Waals surface area contributed by atoms with E-state index in [0.717, 1.165) is 36.7 Å². The van der Waals surface area contributed by atoms with E-state index in [4.69, 9.17) is 4.74 Å². The minimum atomic E-state index is 0.480. The van der Waals surface area contributed by atoms with E-state index in [1.54, 1.807) is 7.11 Å². The monoisotopic (exact) mass is 251 g/mol. The second kappa shape index (κ2) is 7.44. The zero-order valence-electron chi connectivity index (χ0n) is 12.2. The van der Waals surface area contributed by atoms with E-state index < -0.39 is 0 Å². The molecule has 0 unspecified atom stereocenters. The molecule has 0 saturated heterocycles. The molecule has 0 spiro atoms. The lowest BCUT2D eigenvalue weighted by Crippen LogP contribution is -2.23. The van der Waals surface area contributed by atoms with Crippen molar-refractivity contribution in [1.29, 1.82) is 0 Å². The van der Waals surface area contributed by atoms with Gasteiger partial charge in [0.2, 0.25) is 0 Å². The smallest absolute Gasteiger partial charge is 0.154 e. The van der Waals surface area contributed by atoms with Gasteiger partial charge in [0.1, 0.15) is 6.61 Å². The van der Waals surface area contributed by atoms with Gasteiger partial charge >= 0.3 is 0 Å². The standard InChI is InChI=1S/C14H25N3O/c1-10(2)8-15-7-6-13-11(3)16-14(9-18-5)17-12(13)4/h10,15H,6-9H2,1-5H3. The topological polar surface area (TPSA) is 47.0 Å². The molecule has 0 fully saturated rings.